The maximum absolute atomic E-state index is 12.9. The molecule has 1 aromatic rings. The molecule has 23 heavy (non-hydrogen) atoms. The van der Waals surface area contributed by atoms with Crippen molar-refractivity contribution in [2.75, 3.05) is 14.2 Å². The number of fused-ring (bicyclic) bond motifs is 2. The fourth-order valence-corrected chi connectivity index (χ4v) is 5.01. The zero-order valence-corrected chi connectivity index (χ0v) is 14.2. The first-order chi connectivity index (χ1) is 10.9. The van der Waals surface area contributed by atoms with Crippen LogP contribution in [0.3, 0.4) is 0 Å². The van der Waals surface area contributed by atoms with Gasteiger partial charge in [0.15, 0.2) is 0 Å². The first-order valence-corrected chi connectivity index (χ1v) is 9.28. The van der Waals surface area contributed by atoms with E-state index in [1.54, 1.807) is 19.2 Å². The fourth-order valence-electron chi connectivity index (χ4n) is 3.59. The van der Waals surface area contributed by atoms with Gasteiger partial charge in [-0.25, -0.2) is 13.2 Å². The van der Waals surface area contributed by atoms with Gasteiger partial charge in [-0.2, -0.15) is 4.31 Å². The standard InChI is InChI=1S/C16H22N2O4S/c1-18(14-9-12-6-7-13(10-14)17-12)23(20,21)15-5-3-4-11(8-15)16(19)22-2/h3-5,8,12-14,17H,6-7,9-10H2,1-2H3. The molecule has 2 saturated heterocycles. The number of rotatable bonds is 4. The zero-order chi connectivity index (χ0) is 16.6. The summed E-state index contributed by atoms with van der Waals surface area (Å²) in [6.45, 7) is 0. The molecule has 2 fully saturated rings. The molecule has 2 atom stereocenters. The number of sulfonamides is 1. The van der Waals surface area contributed by atoms with Crippen molar-refractivity contribution in [2.24, 2.45) is 0 Å². The van der Waals surface area contributed by atoms with Crippen LogP contribution in [-0.2, 0) is 14.8 Å². The number of carbonyl (C=O) groups is 1. The lowest BCUT2D eigenvalue weighted by atomic mass is 10.0. The molecule has 0 aromatic heterocycles. The highest BCUT2D eigenvalue weighted by Gasteiger charge is 2.38. The Morgan fingerprint density at radius 1 is 1.26 bits per heavy atom. The van der Waals surface area contributed by atoms with E-state index in [-0.39, 0.29) is 16.5 Å². The maximum atomic E-state index is 12.9. The highest BCUT2D eigenvalue weighted by atomic mass is 32.2. The smallest absolute Gasteiger partial charge is 0.337 e. The van der Waals surface area contributed by atoms with Crippen LogP contribution >= 0.6 is 0 Å². The van der Waals surface area contributed by atoms with E-state index in [4.69, 9.17) is 0 Å². The van der Waals surface area contributed by atoms with Gasteiger partial charge in [0, 0.05) is 25.2 Å². The Labute approximate surface area is 136 Å². The Bertz CT molecular complexity index is 692. The second kappa shape index (κ2) is 6.22. The monoisotopic (exact) mass is 338 g/mol. The number of hydrogen-bond donors (Lipinski definition) is 1. The average molecular weight is 338 g/mol. The van der Waals surface area contributed by atoms with Crippen LogP contribution in [0.1, 0.15) is 36.0 Å². The molecule has 126 valence electrons. The first-order valence-electron chi connectivity index (χ1n) is 7.84. The minimum Gasteiger partial charge on any atom is -0.465 e. The van der Waals surface area contributed by atoms with E-state index in [9.17, 15) is 13.2 Å². The number of nitrogens with one attached hydrogen (secondary N) is 1. The summed E-state index contributed by atoms with van der Waals surface area (Å²) in [6.07, 6.45) is 3.91. The van der Waals surface area contributed by atoms with E-state index in [2.05, 4.69) is 10.1 Å². The third-order valence-electron chi connectivity index (χ3n) is 4.89. The van der Waals surface area contributed by atoms with Crippen molar-refractivity contribution < 1.29 is 17.9 Å². The number of methoxy groups -OCH3 is 1. The molecule has 0 spiro atoms. The van der Waals surface area contributed by atoms with Crippen molar-refractivity contribution in [1.29, 1.82) is 0 Å². The van der Waals surface area contributed by atoms with Crippen molar-refractivity contribution in [2.45, 2.75) is 48.7 Å². The number of ether oxygens (including phenoxy) is 1. The Hall–Kier alpha value is -1.44. The topological polar surface area (TPSA) is 75.7 Å². The molecule has 3 rings (SSSR count). The molecule has 0 saturated carbocycles. The van der Waals surface area contributed by atoms with Crippen LogP contribution in [-0.4, -0.2) is 51.0 Å². The average Bonchev–Trinajstić information content (AvgIpc) is 2.91. The molecule has 7 heteroatoms. The number of esters is 1. The molecule has 2 aliphatic heterocycles. The second-order valence-corrected chi connectivity index (χ2v) is 8.30. The number of benzene rings is 1. The van der Waals surface area contributed by atoms with Gasteiger partial charge < -0.3 is 10.1 Å². The van der Waals surface area contributed by atoms with Gasteiger partial charge in [-0.15, -0.1) is 0 Å². The van der Waals surface area contributed by atoms with Crippen LogP contribution in [0.15, 0.2) is 29.2 Å². The van der Waals surface area contributed by atoms with E-state index in [1.165, 1.54) is 23.5 Å². The summed E-state index contributed by atoms with van der Waals surface area (Å²) in [7, 11) is -0.711. The van der Waals surface area contributed by atoms with Crippen LogP contribution in [0.2, 0.25) is 0 Å². The molecule has 2 heterocycles. The second-order valence-electron chi connectivity index (χ2n) is 6.30. The number of carbonyl (C=O) groups excluding carboxylic acids is 1. The zero-order valence-electron chi connectivity index (χ0n) is 13.4. The van der Waals surface area contributed by atoms with Gasteiger partial charge in [-0.3, -0.25) is 0 Å². The third kappa shape index (κ3) is 3.13. The highest BCUT2D eigenvalue weighted by molar-refractivity contribution is 7.89. The van der Waals surface area contributed by atoms with Crippen molar-refractivity contribution in [3.05, 3.63) is 29.8 Å². The van der Waals surface area contributed by atoms with Crippen molar-refractivity contribution >= 4 is 16.0 Å². The molecule has 0 aliphatic carbocycles. The minimum atomic E-state index is -3.62. The summed E-state index contributed by atoms with van der Waals surface area (Å²) in [5, 5.41) is 3.52. The Morgan fingerprint density at radius 3 is 2.52 bits per heavy atom. The first kappa shape index (κ1) is 16.4. The van der Waals surface area contributed by atoms with E-state index in [1.807, 2.05) is 0 Å². The Balaban J connectivity index is 1.84. The number of nitrogens with zero attached hydrogens (tertiary/aromatic N) is 1. The normalized spacial score (nSPS) is 27.2. The van der Waals surface area contributed by atoms with Crippen LogP contribution in [0.5, 0.6) is 0 Å². The molecule has 1 N–H and O–H groups in total. The SMILES string of the molecule is COC(=O)c1cccc(S(=O)(=O)N(C)C2CC3CCC(C2)N3)c1. The van der Waals surface area contributed by atoms with Crippen LogP contribution in [0.4, 0.5) is 0 Å². The largest absolute Gasteiger partial charge is 0.465 e. The van der Waals surface area contributed by atoms with E-state index in [0.29, 0.717) is 12.1 Å². The lowest BCUT2D eigenvalue weighted by Crippen LogP contribution is -2.48. The summed E-state index contributed by atoms with van der Waals surface area (Å²) in [5.74, 6) is -0.537. The summed E-state index contributed by atoms with van der Waals surface area (Å²) in [5.41, 5.74) is 0.243. The fraction of sp³-hybridized carbons (Fsp3) is 0.562. The lowest BCUT2D eigenvalue weighted by molar-refractivity contribution is 0.0600. The van der Waals surface area contributed by atoms with Gasteiger partial charge >= 0.3 is 5.97 Å². The molecular formula is C16H22N2O4S. The van der Waals surface area contributed by atoms with Gasteiger partial charge in [0.2, 0.25) is 10.0 Å². The summed E-state index contributed by atoms with van der Waals surface area (Å²) < 4.78 is 31.9. The maximum Gasteiger partial charge on any atom is 0.337 e. The highest BCUT2D eigenvalue weighted by Crippen LogP contribution is 2.31. The number of piperidine rings is 1. The summed E-state index contributed by atoms with van der Waals surface area (Å²) in [4.78, 5) is 11.8. The predicted octanol–water partition coefficient (Wildman–Crippen LogP) is 1.38. The van der Waals surface area contributed by atoms with E-state index >= 15 is 0 Å². The lowest BCUT2D eigenvalue weighted by Gasteiger charge is -2.34. The quantitative estimate of drug-likeness (QED) is 0.840. The molecule has 2 aliphatic rings. The number of hydrogen-bond acceptors (Lipinski definition) is 5. The Morgan fingerprint density at radius 2 is 1.91 bits per heavy atom. The summed E-state index contributed by atoms with van der Waals surface area (Å²) >= 11 is 0. The van der Waals surface area contributed by atoms with Crippen molar-refractivity contribution in [3.8, 4) is 0 Å². The molecule has 2 unspecified atom stereocenters. The minimum absolute atomic E-state index is 0.000493. The van der Waals surface area contributed by atoms with Crippen molar-refractivity contribution in [3.63, 3.8) is 0 Å². The molecule has 6 nitrogen and oxygen atoms in total. The van der Waals surface area contributed by atoms with Crippen molar-refractivity contribution in [1.82, 2.24) is 9.62 Å². The van der Waals surface area contributed by atoms with Gasteiger partial charge in [0.1, 0.15) is 0 Å². The molecule has 0 radical (unpaired) electrons. The van der Waals surface area contributed by atoms with Gasteiger partial charge in [-0.05, 0) is 43.9 Å². The predicted molar refractivity (Wildman–Crippen MR) is 85.7 cm³/mol. The Kier molecular flexibility index (Phi) is 4.44. The van der Waals surface area contributed by atoms with E-state index < -0.39 is 16.0 Å². The molecule has 0 amide bonds. The molecule has 1 aromatic carbocycles. The third-order valence-corrected chi connectivity index (χ3v) is 6.80. The van der Waals surface area contributed by atoms with Gasteiger partial charge in [0.25, 0.3) is 0 Å². The summed E-state index contributed by atoms with van der Waals surface area (Å²) in [6, 6.07) is 6.85. The van der Waals surface area contributed by atoms with Crippen LogP contribution in [0.25, 0.3) is 0 Å². The van der Waals surface area contributed by atoms with Gasteiger partial charge in [0.05, 0.1) is 17.6 Å². The van der Waals surface area contributed by atoms with E-state index in [0.717, 1.165) is 25.7 Å². The molecule has 2 bridgehead atoms. The van der Waals surface area contributed by atoms with Gasteiger partial charge in [-0.1, -0.05) is 6.07 Å². The molecular weight excluding hydrogens is 316 g/mol. The van der Waals surface area contributed by atoms with Crippen LogP contribution < -0.4 is 5.32 Å². The van der Waals surface area contributed by atoms with Crippen LogP contribution in [0, 0.1) is 0 Å².